The third-order valence-electron chi connectivity index (χ3n) is 4.37. The SMILES string of the molecule is C=NC(=N)N(C)C1C[C@H]2CCC[C@@H](C1)N2C(=O)OC. The van der Waals surface area contributed by atoms with Crippen LogP contribution in [0.4, 0.5) is 4.79 Å². The molecule has 0 saturated carbocycles. The number of hydrogen-bond donors (Lipinski definition) is 1. The van der Waals surface area contributed by atoms with E-state index in [1.54, 1.807) is 0 Å². The van der Waals surface area contributed by atoms with Crippen molar-refractivity contribution in [3.8, 4) is 0 Å². The van der Waals surface area contributed by atoms with E-state index in [2.05, 4.69) is 11.7 Å². The van der Waals surface area contributed by atoms with Crippen molar-refractivity contribution in [3.05, 3.63) is 0 Å². The number of hydrogen-bond acceptors (Lipinski definition) is 3. The number of nitrogens with one attached hydrogen (secondary N) is 1. The highest BCUT2D eigenvalue weighted by atomic mass is 16.5. The Morgan fingerprint density at radius 3 is 2.47 bits per heavy atom. The van der Waals surface area contributed by atoms with Crippen molar-refractivity contribution in [3.63, 3.8) is 0 Å². The normalized spacial score (nSPS) is 29.6. The molecule has 0 spiro atoms. The Balaban J connectivity index is 2.11. The second-order valence-corrected chi connectivity index (χ2v) is 5.33. The van der Waals surface area contributed by atoms with E-state index in [-0.39, 0.29) is 30.2 Å². The van der Waals surface area contributed by atoms with E-state index in [0.29, 0.717) is 0 Å². The minimum Gasteiger partial charge on any atom is -0.453 e. The minimum absolute atomic E-state index is 0.203. The molecular weight excluding hydrogens is 244 g/mol. The number of ether oxygens (including phenoxy) is 1. The van der Waals surface area contributed by atoms with Gasteiger partial charge in [0.1, 0.15) is 0 Å². The molecular formula is C13H22N4O2. The van der Waals surface area contributed by atoms with Crippen molar-refractivity contribution in [2.45, 2.75) is 50.2 Å². The van der Waals surface area contributed by atoms with Gasteiger partial charge in [0.25, 0.3) is 0 Å². The molecule has 3 atom stereocenters. The highest BCUT2D eigenvalue weighted by Gasteiger charge is 2.42. The van der Waals surface area contributed by atoms with Crippen molar-refractivity contribution in [2.75, 3.05) is 14.2 Å². The number of methoxy groups -OCH3 is 1. The van der Waals surface area contributed by atoms with Gasteiger partial charge in [-0.15, -0.1) is 0 Å². The molecule has 1 N–H and O–H groups in total. The summed E-state index contributed by atoms with van der Waals surface area (Å²) >= 11 is 0. The van der Waals surface area contributed by atoms with Crippen LogP contribution in [-0.4, -0.2) is 60.9 Å². The number of fused-ring (bicyclic) bond motifs is 2. The number of carbonyl (C=O) groups excluding carboxylic acids is 1. The van der Waals surface area contributed by atoms with Crippen molar-refractivity contribution in [1.29, 1.82) is 5.41 Å². The Hall–Kier alpha value is -1.59. The average molecular weight is 266 g/mol. The lowest BCUT2D eigenvalue weighted by Crippen LogP contribution is -2.58. The van der Waals surface area contributed by atoms with Gasteiger partial charge in [-0.05, 0) is 38.8 Å². The summed E-state index contributed by atoms with van der Waals surface area (Å²) < 4.78 is 4.89. The number of nitrogens with zero attached hydrogens (tertiary/aromatic N) is 3. The topological polar surface area (TPSA) is 69.0 Å². The zero-order chi connectivity index (χ0) is 14.0. The smallest absolute Gasteiger partial charge is 0.409 e. The summed E-state index contributed by atoms with van der Waals surface area (Å²) in [4.78, 5) is 19.3. The van der Waals surface area contributed by atoms with E-state index >= 15 is 0 Å². The van der Waals surface area contributed by atoms with Gasteiger partial charge in [-0.25, -0.2) is 9.79 Å². The largest absolute Gasteiger partial charge is 0.453 e. The first-order valence-electron chi connectivity index (χ1n) is 6.72. The molecule has 0 aromatic carbocycles. The van der Waals surface area contributed by atoms with Gasteiger partial charge in [0, 0.05) is 25.2 Å². The fourth-order valence-corrected chi connectivity index (χ4v) is 3.36. The summed E-state index contributed by atoms with van der Waals surface area (Å²) in [7, 11) is 3.32. The second kappa shape index (κ2) is 5.59. The fraction of sp³-hybridized carbons (Fsp3) is 0.769. The minimum atomic E-state index is -0.215. The average Bonchev–Trinajstić information content (AvgIpc) is 2.43. The first-order valence-corrected chi connectivity index (χ1v) is 6.72. The van der Waals surface area contributed by atoms with Crippen LogP contribution in [0.5, 0.6) is 0 Å². The molecule has 19 heavy (non-hydrogen) atoms. The highest BCUT2D eigenvalue weighted by Crippen LogP contribution is 2.36. The van der Waals surface area contributed by atoms with Gasteiger partial charge < -0.3 is 14.5 Å². The molecule has 2 heterocycles. The van der Waals surface area contributed by atoms with Crippen molar-refractivity contribution in [1.82, 2.24) is 9.80 Å². The van der Waals surface area contributed by atoms with Crippen molar-refractivity contribution >= 4 is 18.8 Å². The lowest BCUT2D eigenvalue weighted by molar-refractivity contribution is 0.0111. The lowest BCUT2D eigenvalue weighted by atomic mass is 9.81. The molecule has 0 aromatic rings. The van der Waals surface area contributed by atoms with Gasteiger partial charge in [-0.3, -0.25) is 5.41 Å². The molecule has 1 unspecified atom stereocenters. The molecule has 2 aliphatic heterocycles. The Bertz CT molecular complexity index is 371. The fourth-order valence-electron chi connectivity index (χ4n) is 3.36. The van der Waals surface area contributed by atoms with Crippen LogP contribution in [0.15, 0.2) is 4.99 Å². The Morgan fingerprint density at radius 2 is 2.00 bits per heavy atom. The van der Waals surface area contributed by atoms with Crippen molar-refractivity contribution < 1.29 is 9.53 Å². The molecule has 6 heteroatoms. The number of piperidine rings is 2. The van der Waals surface area contributed by atoms with Crippen LogP contribution in [0.2, 0.25) is 0 Å². The molecule has 2 rings (SSSR count). The molecule has 0 radical (unpaired) electrons. The van der Waals surface area contributed by atoms with Crippen LogP contribution in [0.3, 0.4) is 0 Å². The summed E-state index contributed by atoms with van der Waals surface area (Å²) in [6.07, 6.45) is 4.74. The third kappa shape index (κ3) is 2.57. The first kappa shape index (κ1) is 13.8. The standard InChI is InChI=1S/C13H22N4O2/c1-15-12(14)16(2)11-7-9-5-4-6-10(8-11)17(9)13(18)19-3/h9-11,14H,1,4-8H2,2-3H3/t9-,10+,11?. The van der Waals surface area contributed by atoms with Crippen LogP contribution in [0.1, 0.15) is 32.1 Å². The molecule has 2 aliphatic rings. The summed E-state index contributed by atoms with van der Waals surface area (Å²) in [5.41, 5.74) is 0. The number of rotatable bonds is 1. The van der Waals surface area contributed by atoms with Gasteiger partial charge in [-0.1, -0.05) is 0 Å². The Morgan fingerprint density at radius 1 is 1.42 bits per heavy atom. The quantitative estimate of drug-likeness (QED) is 0.580. The summed E-state index contributed by atoms with van der Waals surface area (Å²) in [5, 5.41) is 7.75. The maximum Gasteiger partial charge on any atom is 0.409 e. The second-order valence-electron chi connectivity index (χ2n) is 5.33. The Kier molecular flexibility index (Phi) is 4.07. The molecule has 1 amide bonds. The van der Waals surface area contributed by atoms with E-state index in [1.807, 2.05) is 16.8 Å². The van der Waals surface area contributed by atoms with Gasteiger partial charge in [0.15, 0.2) is 0 Å². The third-order valence-corrected chi connectivity index (χ3v) is 4.37. The molecule has 0 aliphatic carbocycles. The predicted molar refractivity (Wildman–Crippen MR) is 73.7 cm³/mol. The van der Waals surface area contributed by atoms with Gasteiger partial charge >= 0.3 is 6.09 Å². The summed E-state index contributed by atoms with van der Waals surface area (Å²) in [6.45, 7) is 3.40. The van der Waals surface area contributed by atoms with Crippen LogP contribution in [0.25, 0.3) is 0 Å². The first-order chi connectivity index (χ1) is 9.08. The van der Waals surface area contributed by atoms with Crippen LogP contribution in [0, 0.1) is 5.41 Å². The number of aliphatic imine (C=N–C) groups is 1. The van der Waals surface area contributed by atoms with Crippen molar-refractivity contribution in [2.24, 2.45) is 4.99 Å². The molecule has 2 bridgehead atoms. The maximum absolute atomic E-state index is 11.9. The molecule has 2 saturated heterocycles. The van der Waals surface area contributed by atoms with Crippen LogP contribution < -0.4 is 0 Å². The predicted octanol–water partition coefficient (Wildman–Crippen LogP) is 1.71. The monoisotopic (exact) mass is 266 g/mol. The number of carbonyl (C=O) groups is 1. The maximum atomic E-state index is 11.9. The molecule has 106 valence electrons. The zero-order valence-corrected chi connectivity index (χ0v) is 11.6. The van der Waals surface area contributed by atoms with Gasteiger partial charge in [-0.2, -0.15) is 0 Å². The number of amides is 1. The van der Waals surface area contributed by atoms with Crippen LogP contribution in [-0.2, 0) is 4.74 Å². The van der Waals surface area contributed by atoms with E-state index in [9.17, 15) is 4.79 Å². The van der Waals surface area contributed by atoms with E-state index in [4.69, 9.17) is 10.1 Å². The highest BCUT2D eigenvalue weighted by molar-refractivity contribution is 5.81. The van der Waals surface area contributed by atoms with Gasteiger partial charge in [0.05, 0.1) is 7.11 Å². The summed E-state index contributed by atoms with van der Waals surface area (Å²) in [6, 6.07) is 0.712. The lowest BCUT2D eigenvalue weighted by Gasteiger charge is -2.49. The summed E-state index contributed by atoms with van der Waals surface area (Å²) in [5.74, 6) is 0.203. The van der Waals surface area contributed by atoms with E-state index < -0.39 is 0 Å². The van der Waals surface area contributed by atoms with E-state index in [1.165, 1.54) is 7.11 Å². The molecule has 2 fully saturated rings. The number of guanidine groups is 1. The zero-order valence-electron chi connectivity index (χ0n) is 11.6. The van der Waals surface area contributed by atoms with Gasteiger partial charge in [0.2, 0.25) is 5.96 Å². The van der Waals surface area contributed by atoms with E-state index in [0.717, 1.165) is 32.1 Å². The Labute approximate surface area is 113 Å². The molecule has 0 aromatic heterocycles. The molecule has 6 nitrogen and oxygen atoms in total. The van der Waals surface area contributed by atoms with Crippen LogP contribution >= 0.6 is 0 Å².